The SMILES string of the molecule is O=C(CN1CCC[C@H](O)C1)Nc1c(F)cccc1F. The van der Waals surface area contributed by atoms with Crippen LogP contribution in [0.25, 0.3) is 0 Å². The minimum absolute atomic E-state index is 0.0187. The Balaban J connectivity index is 1.94. The fraction of sp³-hybridized carbons (Fsp3) is 0.462. The van der Waals surface area contributed by atoms with Gasteiger partial charge in [0.15, 0.2) is 0 Å². The topological polar surface area (TPSA) is 52.6 Å². The van der Waals surface area contributed by atoms with E-state index in [0.717, 1.165) is 25.0 Å². The molecule has 1 heterocycles. The number of halogens is 2. The number of rotatable bonds is 3. The van der Waals surface area contributed by atoms with Crippen molar-refractivity contribution >= 4 is 11.6 Å². The highest BCUT2D eigenvalue weighted by atomic mass is 19.1. The van der Waals surface area contributed by atoms with Gasteiger partial charge in [0.2, 0.25) is 5.91 Å². The molecule has 1 saturated heterocycles. The number of aliphatic hydroxyl groups excluding tert-OH is 1. The number of nitrogens with zero attached hydrogens (tertiary/aromatic N) is 1. The molecule has 1 atom stereocenters. The van der Waals surface area contributed by atoms with Crippen molar-refractivity contribution in [1.82, 2.24) is 4.90 Å². The summed E-state index contributed by atoms with van der Waals surface area (Å²) in [6, 6.07) is 3.41. The predicted octanol–water partition coefficient (Wildman–Crippen LogP) is 1.36. The van der Waals surface area contributed by atoms with Gasteiger partial charge < -0.3 is 10.4 Å². The molecule has 0 aromatic heterocycles. The molecule has 6 heteroatoms. The molecular weight excluding hydrogens is 254 g/mol. The lowest BCUT2D eigenvalue weighted by Crippen LogP contribution is -2.42. The van der Waals surface area contributed by atoms with Crippen molar-refractivity contribution in [3.05, 3.63) is 29.8 Å². The number of aliphatic hydroxyl groups is 1. The zero-order chi connectivity index (χ0) is 13.8. The van der Waals surface area contributed by atoms with Crippen LogP contribution in [-0.4, -0.2) is 41.7 Å². The van der Waals surface area contributed by atoms with Crippen LogP contribution in [0.1, 0.15) is 12.8 Å². The third-order valence-corrected chi connectivity index (χ3v) is 3.08. The molecule has 1 aliphatic heterocycles. The zero-order valence-corrected chi connectivity index (χ0v) is 10.4. The summed E-state index contributed by atoms with van der Waals surface area (Å²) in [5, 5.41) is 11.7. The van der Waals surface area contributed by atoms with E-state index in [1.807, 2.05) is 0 Å². The van der Waals surface area contributed by atoms with Crippen LogP contribution in [0, 0.1) is 11.6 Å². The van der Waals surface area contributed by atoms with Crippen LogP contribution in [0.5, 0.6) is 0 Å². The molecule has 0 spiro atoms. The molecule has 1 aromatic carbocycles. The number of hydrogen-bond donors (Lipinski definition) is 2. The monoisotopic (exact) mass is 270 g/mol. The van der Waals surface area contributed by atoms with Gasteiger partial charge in [0.25, 0.3) is 0 Å². The van der Waals surface area contributed by atoms with E-state index in [2.05, 4.69) is 5.32 Å². The summed E-state index contributed by atoms with van der Waals surface area (Å²) in [5.41, 5.74) is -0.426. The summed E-state index contributed by atoms with van der Waals surface area (Å²) < 4.78 is 26.7. The maximum atomic E-state index is 13.3. The molecule has 0 bridgehead atoms. The number of β-amino-alcohol motifs (C(OH)–C–C–N with tert-alkyl or cyclic N) is 1. The van der Waals surface area contributed by atoms with Crippen LogP contribution < -0.4 is 5.32 Å². The molecule has 0 aliphatic carbocycles. The number of benzene rings is 1. The van der Waals surface area contributed by atoms with Crippen molar-refractivity contribution in [1.29, 1.82) is 0 Å². The second-order valence-corrected chi connectivity index (χ2v) is 4.68. The first-order valence-electron chi connectivity index (χ1n) is 6.20. The van der Waals surface area contributed by atoms with Gasteiger partial charge in [0, 0.05) is 6.54 Å². The molecule has 1 amide bonds. The number of carbonyl (C=O) groups is 1. The van der Waals surface area contributed by atoms with E-state index in [9.17, 15) is 18.7 Å². The first-order valence-corrected chi connectivity index (χ1v) is 6.20. The van der Waals surface area contributed by atoms with Gasteiger partial charge in [0.1, 0.15) is 17.3 Å². The molecule has 2 rings (SSSR count). The zero-order valence-electron chi connectivity index (χ0n) is 10.4. The molecule has 1 fully saturated rings. The Kier molecular flexibility index (Phi) is 4.44. The van der Waals surface area contributed by atoms with E-state index in [1.54, 1.807) is 4.90 Å². The number of amides is 1. The Labute approximate surface area is 110 Å². The molecule has 0 saturated carbocycles. The average Bonchev–Trinajstić information content (AvgIpc) is 2.34. The number of piperidine rings is 1. The van der Waals surface area contributed by atoms with E-state index in [1.165, 1.54) is 6.07 Å². The van der Waals surface area contributed by atoms with Gasteiger partial charge in [-0.25, -0.2) is 8.78 Å². The standard InChI is InChI=1S/C13H16F2N2O2/c14-10-4-1-5-11(15)13(10)16-12(19)8-17-6-2-3-9(18)7-17/h1,4-5,9,18H,2-3,6-8H2,(H,16,19)/t9-/m0/s1. The fourth-order valence-electron chi connectivity index (χ4n) is 2.17. The van der Waals surface area contributed by atoms with Gasteiger partial charge >= 0.3 is 0 Å². The van der Waals surface area contributed by atoms with Crippen molar-refractivity contribution in [2.24, 2.45) is 0 Å². The van der Waals surface area contributed by atoms with E-state index in [0.29, 0.717) is 13.1 Å². The summed E-state index contributed by atoms with van der Waals surface area (Å²) in [5.74, 6) is -2.09. The maximum Gasteiger partial charge on any atom is 0.238 e. The number of carbonyl (C=O) groups excluding carboxylic acids is 1. The van der Waals surface area contributed by atoms with Gasteiger partial charge in [0.05, 0.1) is 12.6 Å². The van der Waals surface area contributed by atoms with E-state index < -0.39 is 29.3 Å². The highest BCUT2D eigenvalue weighted by molar-refractivity contribution is 5.92. The Bertz CT molecular complexity index is 448. The summed E-state index contributed by atoms with van der Waals surface area (Å²) in [6.45, 7) is 1.13. The molecular formula is C13H16F2N2O2. The number of anilines is 1. The number of nitrogens with one attached hydrogen (secondary N) is 1. The van der Waals surface area contributed by atoms with Gasteiger partial charge in [-0.3, -0.25) is 9.69 Å². The van der Waals surface area contributed by atoms with Gasteiger partial charge in [-0.05, 0) is 31.5 Å². The van der Waals surface area contributed by atoms with E-state index >= 15 is 0 Å². The van der Waals surface area contributed by atoms with E-state index in [-0.39, 0.29) is 6.54 Å². The molecule has 0 unspecified atom stereocenters. The van der Waals surface area contributed by atoms with Gasteiger partial charge in [-0.1, -0.05) is 6.07 Å². The Morgan fingerprint density at radius 2 is 2.11 bits per heavy atom. The van der Waals surface area contributed by atoms with Gasteiger partial charge in [-0.2, -0.15) is 0 Å². The second-order valence-electron chi connectivity index (χ2n) is 4.68. The molecule has 1 aromatic rings. The predicted molar refractivity (Wildman–Crippen MR) is 66.7 cm³/mol. The number of hydrogen-bond acceptors (Lipinski definition) is 3. The lowest BCUT2D eigenvalue weighted by molar-refractivity contribution is -0.118. The summed E-state index contributed by atoms with van der Waals surface area (Å²) in [4.78, 5) is 13.5. The summed E-state index contributed by atoms with van der Waals surface area (Å²) in [6.07, 6.45) is 1.09. The Morgan fingerprint density at radius 1 is 1.42 bits per heavy atom. The van der Waals surface area contributed by atoms with Crippen LogP contribution in [0.2, 0.25) is 0 Å². The highest BCUT2D eigenvalue weighted by Gasteiger charge is 2.20. The second kappa shape index (κ2) is 6.08. The van der Waals surface area contributed by atoms with Crippen LogP contribution in [-0.2, 0) is 4.79 Å². The average molecular weight is 270 g/mol. The molecule has 104 valence electrons. The molecule has 2 N–H and O–H groups in total. The van der Waals surface area contributed by atoms with Crippen LogP contribution in [0.4, 0.5) is 14.5 Å². The van der Waals surface area contributed by atoms with Crippen molar-refractivity contribution in [3.63, 3.8) is 0 Å². The minimum atomic E-state index is -0.799. The van der Waals surface area contributed by atoms with Crippen LogP contribution >= 0.6 is 0 Å². The summed E-state index contributed by atoms with van der Waals surface area (Å²) >= 11 is 0. The third-order valence-electron chi connectivity index (χ3n) is 3.08. The first kappa shape index (κ1) is 13.9. The Morgan fingerprint density at radius 3 is 2.74 bits per heavy atom. The van der Waals surface area contributed by atoms with Crippen molar-refractivity contribution in [2.75, 3.05) is 25.0 Å². The van der Waals surface area contributed by atoms with Crippen molar-refractivity contribution < 1.29 is 18.7 Å². The van der Waals surface area contributed by atoms with Crippen LogP contribution in [0.3, 0.4) is 0 Å². The summed E-state index contributed by atoms with van der Waals surface area (Å²) in [7, 11) is 0. The van der Waals surface area contributed by atoms with Crippen molar-refractivity contribution in [2.45, 2.75) is 18.9 Å². The lowest BCUT2D eigenvalue weighted by Gasteiger charge is -2.29. The maximum absolute atomic E-state index is 13.3. The Hall–Kier alpha value is -1.53. The molecule has 1 aliphatic rings. The van der Waals surface area contributed by atoms with Gasteiger partial charge in [-0.15, -0.1) is 0 Å². The molecule has 19 heavy (non-hydrogen) atoms. The first-order chi connectivity index (χ1) is 9.06. The molecule has 0 radical (unpaired) electrons. The minimum Gasteiger partial charge on any atom is -0.392 e. The molecule has 4 nitrogen and oxygen atoms in total. The lowest BCUT2D eigenvalue weighted by atomic mass is 10.1. The fourth-order valence-corrected chi connectivity index (χ4v) is 2.17. The number of likely N-dealkylation sites (tertiary alicyclic amines) is 1. The highest BCUT2D eigenvalue weighted by Crippen LogP contribution is 2.18. The van der Waals surface area contributed by atoms with E-state index in [4.69, 9.17) is 0 Å². The quantitative estimate of drug-likeness (QED) is 0.872. The van der Waals surface area contributed by atoms with Crippen LogP contribution in [0.15, 0.2) is 18.2 Å². The third kappa shape index (κ3) is 3.71. The van der Waals surface area contributed by atoms with Crippen molar-refractivity contribution in [3.8, 4) is 0 Å². The normalized spacial score (nSPS) is 20.3. The largest absolute Gasteiger partial charge is 0.392 e. The number of para-hydroxylation sites is 1. The smallest absolute Gasteiger partial charge is 0.238 e.